The van der Waals surface area contributed by atoms with Crippen LogP contribution < -0.4 is 10.9 Å². The molecule has 0 saturated heterocycles. The van der Waals surface area contributed by atoms with Crippen molar-refractivity contribution in [3.63, 3.8) is 0 Å². The monoisotopic (exact) mass is 329 g/mol. The summed E-state index contributed by atoms with van der Waals surface area (Å²) < 4.78 is 26.2. The molecular formula is C17H13F2N3O2. The predicted octanol–water partition coefficient (Wildman–Crippen LogP) is 2.77. The quantitative estimate of drug-likeness (QED) is 0.773. The first kappa shape index (κ1) is 15.8. The molecule has 0 saturated carbocycles. The van der Waals surface area contributed by atoms with E-state index in [4.69, 9.17) is 0 Å². The van der Waals surface area contributed by atoms with E-state index in [-0.39, 0.29) is 24.1 Å². The number of para-hydroxylation sites is 1. The molecule has 0 aliphatic heterocycles. The molecule has 122 valence electrons. The predicted molar refractivity (Wildman–Crippen MR) is 85.7 cm³/mol. The minimum Gasteiger partial charge on any atom is -0.326 e. The number of hydrogen-bond donors (Lipinski definition) is 2. The van der Waals surface area contributed by atoms with E-state index in [1.54, 1.807) is 24.3 Å². The van der Waals surface area contributed by atoms with E-state index in [9.17, 15) is 18.4 Å². The van der Waals surface area contributed by atoms with Gasteiger partial charge in [-0.05, 0) is 24.3 Å². The zero-order chi connectivity index (χ0) is 17.1. The lowest BCUT2D eigenvalue weighted by Crippen LogP contribution is -2.16. The summed E-state index contributed by atoms with van der Waals surface area (Å²) in [7, 11) is 0. The van der Waals surface area contributed by atoms with Crippen LogP contribution in [0.15, 0.2) is 47.3 Å². The number of anilines is 1. The standard InChI is InChI=1S/C17H13F2N3O2/c18-10-7-11(19)9-12(8-10)20-16(23)6-5-15-21-14-4-2-1-3-13(14)17(24)22-15/h1-4,7-9H,5-6H2,(H,20,23)(H,21,22,24). The Labute approximate surface area is 135 Å². The van der Waals surface area contributed by atoms with Crippen molar-refractivity contribution < 1.29 is 13.6 Å². The van der Waals surface area contributed by atoms with Crippen molar-refractivity contribution in [1.29, 1.82) is 0 Å². The van der Waals surface area contributed by atoms with Gasteiger partial charge >= 0.3 is 0 Å². The highest BCUT2D eigenvalue weighted by Crippen LogP contribution is 2.13. The zero-order valence-electron chi connectivity index (χ0n) is 12.5. The van der Waals surface area contributed by atoms with Gasteiger partial charge in [-0.2, -0.15) is 0 Å². The molecule has 0 unspecified atom stereocenters. The summed E-state index contributed by atoms with van der Waals surface area (Å²) >= 11 is 0. The zero-order valence-corrected chi connectivity index (χ0v) is 12.5. The van der Waals surface area contributed by atoms with Crippen molar-refractivity contribution in [2.75, 3.05) is 5.32 Å². The highest BCUT2D eigenvalue weighted by Gasteiger charge is 2.08. The molecule has 0 radical (unpaired) electrons. The molecule has 7 heteroatoms. The van der Waals surface area contributed by atoms with Gasteiger partial charge in [0.2, 0.25) is 5.91 Å². The normalized spacial score (nSPS) is 10.8. The molecule has 0 spiro atoms. The number of nitrogens with zero attached hydrogens (tertiary/aromatic N) is 1. The molecule has 0 atom stereocenters. The molecule has 1 aromatic heterocycles. The van der Waals surface area contributed by atoms with Gasteiger partial charge in [0.15, 0.2) is 0 Å². The maximum atomic E-state index is 13.1. The highest BCUT2D eigenvalue weighted by atomic mass is 19.1. The average molecular weight is 329 g/mol. The molecule has 5 nitrogen and oxygen atoms in total. The number of H-pyrrole nitrogens is 1. The van der Waals surface area contributed by atoms with Gasteiger partial charge in [-0.25, -0.2) is 13.8 Å². The number of benzene rings is 2. The van der Waals surface area contributed by atoms with Crippen molar-refractivity contribution >= 4 is 22.5 Å². The smallest absolute Gasteiger partial charge is 0.258 e. The summed E-state index contributed by atoms with van der Waals surface area (Å²) in [5.74, 6) is -1.60. The number of rotatable bonds is 4. The summed E-state index contributed by atoms with van der Waals surface area (Å²) in [5, 5.41) is 2.88. The van der Waals surface area contributed by atoms with Crippen molar-refractivity contribution in [2.45, 2.75) is 12.8 Å². The van der Waals surface area contributed by atoms with Crippen molar-refractivity contribution in [3.05, 3.63) is 70.3 Å². The molecule has 0 fully saturated rings. The number of hydrogen-bond acceptors (Lipinski definition) is 3. The van der Waals surface area contributed by atoms with Crippen LogP contribution in [0.25, 0.3) is 10.9 Å². The number of fused-ring (bicyclic) bond motifs is 1. The number of halogens is 2. The topological polar surface area (TPSA) is 74.8 Å². The van der Waals surface area contributed by atoms with Gasteiger partial charge in [0.05, 0.1) is 10.9 Å². The maximum Gasteiger partial charge on any atom is 0.258 e. The molecule has 24 heavy (non-hydrogen) atoms. The van der Waals surface area contributed by atoms with Crippen molar-refractivity contribution in [2.24, 2.45) is 0 Å². The first-order valence-corrected chi connectivity index (χ1v) is 7.25. The number of amides is 1. The number of aromatic nitrogens is 2. The Morgan fingerprint density at radius 1 is 1.12 bits per heavy atom. The first-order chi connectivity index (χ1) is 11.5. The fourth-order valence-corrected chi connectivity index (χ4v) is 2.33. The lowest BCUT2D eigenvalue weighted by atomic mass is 10.2. The summed E-state index contributed by atoms with van der Waals surface area (Å²) in [5.41, 5.74) is 0.310. The number of aryl methyl sites for hydroxylation is 1. The van der Waals surface area contributed by atoms with Gasteiger partial charge in [0.1, 0.15) is 17.5 Å². The second kappa shape index (κ2) is 6.57. The van der Waals surface area contributed by atoms with Gasteiger partial charge in [-0.15, -0.1) is 0 Å². The SMILES string of the molecule is O=C(CCc1nc2ccccc2c(=O)[nH]1)Nc1cc(F)cc(F)c1. The lowest BCUT2D eigenvalue weighted by Gasteiger charge is -2.06. The molecular weight excluding hydrogens is 316 g/mol. The molecule has 2 N–H and O–H groups in total. The number of carbonyl (C=O) groups is 1. The highest BCUT2D eigenvalue weighted by molar-refractivity contribution is 5.90. The Hall–Kier alpha value is -3.09. The summed E-state index contributed by atoms with van der Waals surface area (Å²) in [6.45, 7) is 0. The van der Waals surface area contributed by atoms with Crippen LogP contribution in [0.5, 0.6) is 0 Å². The molecule has 0 aliphatic rings. The summed E-state index contributed by atoms with van der Waals surface area (Å²) in [6, 6.07) is 9.65. The van der Waals surface area contributed by atoms with Crippen LogP contribution in [-0.4, -0.2) is 15.9 Å². The molecule has 3 aromatic rings. The van der Waals surface area contributed by atoms with Gasteiger partial charge in [-0.1, -0.05) is 12.1 Å². The third-order valence-corrected chi connectivity index (χ3v) is 3.40. The van der Waals surface area contributed by atoms with Crippen LogP contribution in [-0.2, 0) is 11.2 Å². The Kier molecular flexibility index (Phi) is 4.33. The van der Waals surface area contributed by atoms with E-state index in [0.29, 0.717) is 16.7 Å². The fraction of sp³-hybridized carbons (Fsp3) is 0.118. The number of nitrogens with one attached hydrogen (secondary N) is 2. The fourth-order valence-electron chi connectivity index (χ4n) is 2.33. The van der Waals surface area contributed by atoms with E-state index < -0.39 is 17.5 Å². The van der Waals surface area contributed by atoms with E-state index in [1.807, 2.05) is 0 Å². The van der Waals surface area contributed by atoms with Gasteiger partial charge in [0, 0.05) is 24.6 Å². The molecule has 0 bridgehead atoms. The Morgan fingerprint density at radius 2 is 1.83 bits per heavy atom. The summed E-state index contributed by atoms with van der Waals surface area (Å²) in [4.78, 5) is 30.7. The molecule has 0 aliphatic carbocycles. The lowest BCUT2D eigenvalue weighted by molar-refractivity contribution is -0.116. The van der Waals surface area contributed by atoms with Crippen LogP contribution in [0.2, 0.25) is 0 Å². The van der Waals surface area contributed by atoms with Gasteiger partial charge in [0.25, 0.3) is 5.56 Å². The Morgan fingerprint density at radius 3 is 2.58 bits per heavy atom. The molecule has 1 heterocycles. The van der Waals surface area contributed by atoms with Crippen molar-refractivity contribution in [1.82, 2.24) is 9.97 Å². The third-order valence-electron chi connectivity index (χ3n) is 3.40. The van der Waals surface area contributed by atoms with Crippen LogP contribution in [0.4, 0.5) is 14.5 Å². The van der Waals surface area contributed by atoms with E-state index in [2.05, 4.69) is 15.3 Å². The largest absolute Gasteiger partial charge is 0.326 e. The van der Waals surface area contributed by atoms with E-state index in [0.717, 1.165) is 18.2 Å². The molecule has 3 rings (SSSR count). The van der Waals surface area contributed by atoms with E-state index in [1.165, 1.54) is 0 Å². The minimum atomic E-state index is -0.772. The second-order valence-electron chi connectivity index (χ2n) is 5.24. The first-order valence-electron chi connectivity index (χ1n) is 7.25. The number of aromatic amines is 1. The van der Waals surface area contributed by atoms with Crippen LogP contribution in [0, 0.1) is 11.6 Å². The summed E-state index contributed by atoms with van der Waals surface area (Å²) in [6.07, 6.45) is 0.211. The van der Waals surface area contributed by atoms with E-state index >= 15 is 0 Å². The second-order valence-corrected chi connectivity index (χ2v) is 5.24. The van der Waals surface area contributed by atoms with Gasteiger partial charge in [-0.3, -0.25) is 9.59 Å². The van der Waals surface area contributed by atoms with Crippen LogP contribution >= 0.6 is 0 Å². The molecule has 2 aromatic carbocycles. The number of carbonyl (C=O) groups excluding carboxylic acids is 1. The van der Waals surface area contributed by atoms with Crippen molar-refractivity contribution in [3.8, 4) is 0 Å². The minimum absolute atomic E-state index is 0.0133. The van der Waals surface area contributed by atoms with Gasteiger partial charge < -0.3 is 10.3 Å². The average Bonchev–Trinajstić information content (AvgIpc) is 2.52. The van der Waals surface area contributed by atoms with Crippen LogP contribution in [0.3, 0.4) is 0 Å². The molecule has 1 amide bonds. The van der Waals surface area contributed by atoms with Crippen LogP contribution in [0.1, 0.15) is 12.2 Å². The maximum absolute atomic E-state index is 13.1. The third kappa shape index (κ3) is 3.62. The Bertz CT molecular complexity index is 949. The Balaban J connectivity index is 1.69.